The van der Waals surface area contributed by atoms with E-state index >= 15 is 0 Å². The van der Waals surface area contributed by atoms with E-state index in [0.29, 0.717) is 6.61 Å². The molecule has 1 aromatic heterocycles. The summed E-state index contributed by atoms with van der Waals surface area (Å²) in [6, 6.07) is 16.2. The average Bonchev–Trinajstić information content (AvgIpc) is 3.13. The minimum Gasteiger partial charge on any atom is -0.493 e. The van der Waals surface area contributed by atoms with Crippen molar-refractivity contribution in [1.82, 2.24) is 9.88 Å². The van der Waals surface area contributed by atoms with Crippen LogP contribution in [-0.2, 0) is 19.5 Å². The van der Waals surface area contributed by atoms with Gasteiger partial charge in [0.2, 0.25) is 0 Å². The van der Waals surface area contributed by atoms with Gasteiger partial charge in [-0.1, -0.05) is 24.3 Å². The number of fused-ring (bicyclic) bond motifs is 2. The highest BCUT2D eigenvalue weighted by Crippen LogP contribution is 2.31. The van der Waals surface area contributed by atoms with Crippen LogP contribution in [0.3, 0.4) is 0 Å². The number of aliphatic hydroxyl groups excluding tert-OH is 1. The van der Waals surface area contributed by atoms with E-state index in [1.807, 2.05) is 24.3 Å². The van der Waals surface area contributed by atoms with Crippen molar-refractivity contribution in [2.24, 2.45) is 0 Å². The zero-order chi connectivity index (χ0) is 19.6. The second kappa shape index (κ2) is 7.85. The minimum atomic E-state index is -0.692. The van der Waals surface area contributed by atoms with Gasteiger partial charge in [0.25, 0.3) is 0 Å². The van der Waals surface area contributed by atoms with Crippen molar-refractivity contribution in [3.8, 4) is 11.5 Å². The number of nitrogens with zero attached hydrogens (tertiary/aromatic N) is 2. The quantitative estimate of drug-likeness (QED) is 0.742. The fourth-order valence-corrected chi connectivity index (χ4v) is 4.10. The summed E-state index contributed by atoms with van der Waals surface area (Å²) in [6.45, 7) is 3.96. The summed E-state index contributed by atoms with van der Waals surface area (Å²) in [7, 11) is 0. The van der Waals surface area contributed by atoms with Crippen molar-refractivity contribution in [3.05, 3.63) is 88.7 Å². The Balaban J connectivity index is 1.36. The van der Waals surface area contributed by atoms with Gasteiger partial charge in [-0.15, -0.1) is 0 Å². The monoisotopic (exact) mass is 388 g/mol. The van der Waals surface area contributed by atoms with Crippen LogP contribution in [0.4, 0.5) is 0 Å². The molecule has 0 saturated heterocycles. The molecule has 0 saturated carbocycles. The summed E-state index contributed by atoms with van der Waals surface area (Å²) in [5.41, 5.74) is 5.35. The van der Waals surface area contributed by atoms with E-state index in [9.17, 15) is 5.11 Å². The predicted octanol–water partition coefficient (Wildman–Crippen LogP) is 3.49. The van der Waals surface area contributed by atoms with E-state index in [1.165, 1.54) is 11.1 Å². The van der Waals surface area contributed by atoms with Crippen LogP contribution in [-0.4, -0.2) is 34.7 Å². The highest BCUT2D eigenvalue weighted by atomic mass is 16.5. The lowest BCUT2D eigenvalue weighted by molar-refractivity contribution is 0.218. The van der Waals surface area contributed by atoms with E-state index in [4.69, 9.17) is 9.47 Å². The Morgan fingerprint density at radius 3 is 2.72 bits per heavy atom. The lowest BCUT2D eigenvalue weighted by atomic mass is 10.00. The Bertz CT molecular complexity index is 1010. The molecule has 0 aliphatic carbocycles. The van der Waals surface area contributed by atoms with Crippen LogP contribution in [0.15, 0.2) is 60.9 Å². The molecule has 2 aliphatic rings. The zero-order valence-corrected chi connectivity index (χ0v) is 16.3. The minimum absolute atomic E-state index is 0.658. The summed E-state index contributed by atoms with van der Waals surface area (Å²) in [5.74, 6) is 1.92. The molecule has 0 spiro atoms. The lowest BCUT2D eigenvalue weighted by Crippen LogP contribution is -2.25. The van der Waals surface area contributed by atoms with Crippen molar-refractivity contribution in [1.29, 1.82) is 0 Å². The van der Waals surface area contributed by atoms with Crippen LogP contribution in [0.25, 0.3) is 0 Å². The molecule has 3 aromatic rings. The molecular weight excluding hydrogens is 364 g/mol. The number of hydrogen-bond acceptors (Lipinski definition) is 5. The van der Waals surface area contributed by atoms with Crippen LogP contribution < -0.4 is 9.47 Å². The van der Waals surface area contributed by atoms with Crippen molar-refractivity contribution in [3.63, 3.8) is 0 Å². The Morgan fingerprint density at radius 1 is 0.966 bits per heavy atom. The molecule has 29 heavy (non-hydrogen) atoms. The number of aromatic nitrogens is 1. The smallest absolute Gasteiger partial charge is 0.123 e. The summed E-state index contributed by atoms with van der Waals surface area (Å²) in [6.07, 6.45) is 3.72. The molecule has 3 heterocycles. The molecule has 2 aliphatic heterocycles. The van der Waals surface area contributed by atoms with E-state index in [1.54, 1.807) is 12.4 Å². The number of pyridine rings is 1. The van der Waals surface area contributed by atoms with Gasteiger partial charge < -0.3 is 14.6 Å². The van der Waals surface area contributed by atoms with Gasteiger partial charge in [-0.2, -0.15) is 0 Å². The highest BCUT2D eigenvalue weighted by Gasteiger charge is 2.20. The van der Waals surface area contributed by atoms with E-state index in [0.717, 1.165) is 60.9 Å². The van der Waals surface area contributed by atoms with Gasteiger partial charge in [0, 0.05) is 49.6 Å². The second-order valence-electron chi connectivity index (χ2n) is 7.66. The molecule has 148 valence electrons. The first-order chi connectivity index (χ1) is 14.3. The first kappa shape index (κ1) is 18.2. The SMILES string of the molecule is OC(c1cccnc1)c1ccc2c(c1)CN(Cc1ccc3c(c1)CCO3)CCO2. The topological polar surface area (TPSA) is 54.8 Å². The molecule has 5 heteroatoms. The molecule has 5 rings (SSSR count). The van der Waals surface area contributed by atoms with Crippen LogP contribution in [0.2, 0.25) is 0 Å². The van der Waals surface area contributed by atoms with Crippen LogP contribution in [0.1, 0.15) is 33.9 Å². The van der Waals surface area contributed by atoms with Gasteiger partial charge in [-0.05, 0) is 41.0 Å². The maximum Gasteiger partial charge on any atom is 0.123 e. The molecule has 0 bridgehead atoms. The zero-order valence-electron chi connectivity index (χ0n) is 16.3. The Morgan fingerprint density at radius 2 is 1.83 bits per heavy atom. The molecule has 1 N–H and O–H groups in total. The highest BCUT2D eigenvalue weighted by molar-refractivity contribution is 5.42. The first-order valence-corrected chi connectivity index (χ1v) is 10.1. The van der Waals surface area contributed by atoms with Gasteiger partial charge in [0.15, 0.2) is 0 Å². The molecule has 1 unspecified atom stereocenters. The fourth-order valence-electron chi connectivity index (χ4n) is 4.10. The maximum atomic E-state index is 10.7. The molecule has 2 aromatic carbocycles. The van der Waals surface area contributed by atoms with Crippen molar-refractivity contribution in [2.75, 3.05) is 19.8 Å². The number of benzene rings is 2. The van der Waals surface area contributed by atoms with E-state index in [-0.39, 0.29) is 0 Å². The standard InChI is InChI=1S/C24H24N2O3/c27-24(20-2-1-8-25-14-20)19-4-6-23-21(13-19)16-26(9-11-29-23)15-17-3-5-22-18(12-17)7-10-28-22/h1-6,8,12-14,24,27H,7,9-11,15-16H2. The number of ether oxygens (including phenoxy) is 2. The van der Waals surface area contributed by atoms with Crippen molar-refractivity contribution in [2.45, 2.75) is 25.6 Å². The third kappa shape index (κ3) is 3.84. The van der Waals surface area contributed by atoms with Crippen molar-refractivity contribution < 1.29 is 14.6 Å². The van der Waals surface area contributed by atoms with Gasteiger partial charge in [0.1, 0.15) is 24.2 Å². The lowest BCUT2D eigenvalue weighted by Gasteiger charge is -2.20. The number of rotatable bonds is 4. The Labute approximate surface area is 170 Å². The number of hydrogen-bond donors (Lipinski definition) is 1. The molecule has 0 amide bonds. The van der Waals surface area contributed by atoms with Crippen molar-refractivity contribution >= 4 is 0 Å². The van der Waals surface area contributed by atoms with Crippen LogP contribution >= 0.6 is 0 Å². The van der Waals surface area contributed by atoms with Crippen LogP contribution in [0, 0.1) is 0 Å². The van der Waals surface area contributed by atoms with Gasteiger partial charge in [-0.25, -0.2) is 0 Å². The Kier molecular flexibility index (Phi) is 4.92. The third-order valence-corrected chi connectivity index (χ3v) is 5.62. The second-order valence-corrected chi connectivity index (χ2v) is 7.66. The van der Waals surface area contributed by atoms with Gasteiger partial charge >= 0.3 is 0 Å². The summed E-state index contributed by atoms with van der Waals surface area (Å²) in [5, 5.41) is 10.7. The number of aliphatic hydroxyl groups is 1. The Hall–Kier alpha value is -2.89. The summed E-state index contributed by atoms with van der Waals surface area (Å²) >= 11 is 0. The molecule has 1 atom stereocenters. The first-order valence-electron chi connectivity index (χ1n) is 10.1. The van der Waals surface area contributed by atoms with E-state index in [2.05, 4.69) is 34.1 Å². The average molecular weight is 388 g/mol. The maximum absolute atomic E-state index is 10.7. The molecule has 0 fully saturated rings. The normalized spacial score (nSPS) is 16.9. The molecule has 0 radical (unpaired) electrons. The fraction of sp³-hybridized carbons (Fsp3) is 0.292. The largest absolute Gasteiger partial charge is 0.493 e. The predicted molar refractivity (Wildman–Crippen MR) is 110 cm³/mol. The van der Waals surface area contributed by atoms with Crippen LogP contribution in [0.5, 0.6) is 11.5 Å². The molecule has 5 nitrogen and oxygen atoms in total. The van der Waals surface area contributed by atoms with Gasteiger partial charge in [-0.3, -0.25) is 9.88 Å². The summed E-state index contributed by atoms with van der Waals surface area (Å²) < 4.78 is 11.6. The molecular formula is C24H24N2O3. The summed E-state index contributed by atoms with van der Waals surface area (Å²) in [4.78, 5) is 6.51. The van der Waals surface area contributed by atoms with Gasteiger partial charge in [0.05, 0.1) is 6.61 Å². The third-order valence-electron chi connectivity index (χ3n) is 5.62. The van der Waals surface area contributed by atoms with E-state index < -0.39 is 6.10 Å².